The van der Waals surface area contributed by atoms with Gasteiger partial charge in [-0.2, -0.15) is 0 Å². The van der Waals surface area contributed by atoms with E-state index in [1.165, 1.54) is 6.20 Å². The molecule has 7 heteroatoms. The van der Waals surface area contributed by atoms with Crippen LogP contribution in [0.3, 0.4) is 0 Å². The lowest BCUT2D eigenvalue weighted by atomic mass is 10.2. The summed E-state index contributed by atoms with van der Waals surface area (Å²) in [5.41, 5.74) is 2.99. The molecule has 0 aliphatic carbocycles. The van der Waals surface area contributed by atoms with Gasteiger partial charge in [0, 0.05) is 17.3 Å². The molecular formula is C15H9Cl2FN4. The molecule has 0 radical (unpaired) electrons. The maximum atomic E-state index is 13.4. The highest BCUT2D eigenvalue weighted by Gasteiger charge is 2.08. The summed E-state index contributed by atoms with van der Waals surface area (Å²) in [6.07, 6.45) is 1.33. The summed E-state index contributed by atoms with van der Waals surface area (Å²) in [6, 6.07) is 8.73. The Hall–Kier alpha value is -2.24. The Bertz CT molecular complexity index is 967. The van der Waals surface area contributed by atoms with Crippen LogP contribution in [-0.2, 0) is 0 Å². The summed E-state index contributed by atoms with van der Waals surface area (Å²) in [5.74, 6) is 0.286. The number of fused-ring (bicyclic) bond motifs is 2. The van der Waals surface area contributed by atoms with E-state index >= 15 is 0 Å². The number of hydrogen-bond donors (Lipinski definition) is 3. The topological polar surface area (TPSA) is 56.5 Å². The quantitative estimate of drug-likeness (QED) is 0.470. The Morgan fingerprint density at radius 3 is 2.73 bits per heavy atom. The van der Waals surface area contributed by atoms with Gasteiger partial charge >= 0.3 is 0 Å². The van der Waals surface area contributed by atoms with Crippen molar-refractivity contribution in [1.29, 1.82) is 0 Å². The number of anilines is 2. The molecule has 0 amide bonds. The molecule has 0 unspecified atom stereocenters. The zero-order chi connectivity index (χ0) is 15.3. The Kier molecular flexibility index (Phi) is 2.99. The Morgan fingerprint density at radius 1 is 1.05 bits per heavy atom. The molecule has 2 aromatic carbocycles. The number of nitrogens with zero attached hydrogens (tertiary/aromatic N) is 1. The zero-order valence-corrected chi connectivity index (χ0v) is 12.6. The molecule has 0 aliphatic rings. The molecule has 0 fully saturated rings. The van der Waals surface area contributed by atoms with Crippen LogP contribution in [0.15, 0.2) is 36.5 Å². The van der Waals surface area contributed by atoms with E-state index in [0.29, 0.717) is 32.4 Å². The number of hydrogen-bond acceptors (Lipinski definition) is 2. The standard InChI is InChI=1S/C15H9Cl2FN4/c16-9-4-13-14(5-10(9)17)22-15(21-13)20-7-1-2-8-11(18)6-19-12(8)3-7/h1-6,19H,(H2,20,21,22). The minimum Gasteiger partial charge on any atom is -0.358 e. The first-order chi connectivity index (χ1) is 10.6. The van der Waals surface area contributed by atoms with Crippen molar-refractivity contribution in [3.63, 3.8) is 0 Å². The molecule has 4 nitrogen and oxygen atoms in total. The molecule has 110 valence electrons. The average molecular weight is 335 g/mol. The minimum atomic E-state index is -0.269. The molecule has 3 N–H and O–H groups in total. The summed E-state index contributed by atoms with van der Waals surface area (Å²) in [7, 11) is 0. The minimum absolute atomic E-state index is 0.269. The van der Waals surface area contributed by atoms with Gasteiger partial charge in [0.15, 0.2) is 0 Å². The van der Waals surface area contributed by atoms with Crippen molar-refractivity contribution in [3.05, 3.63) is 52.4 Å². The van der Waals surface area contributed by atoms with Crippen molar-refractivity contribution in [2.24, 2.45) is 0 Å². The van der Waals surface area contributed by atoms with Crippen LogP contribution in [0.5, 0.6) is 0 Å². The number of aromatic nitrogens is 3. The van der Waals surface area contributed by atoms with E-state index in [4.69, 9.17) is 23.2 Å². The van der Waals surface area contributed by atoms with Crippen molar-refractivity contribution < 1.29 is 4.39 Å². The van der Waals surface area contributed by atoms with Gasteiger partial charge in [-0.1, -0.05) is 23.2 Å². The van der Waals surface area contributed by atoms with Crippen LogP contribution < -0.4 is 5.32 Å². The van der Waals surface area contributed by atoms with Gasteiger partial charge in [0.1, 0.15) is 5.82 Å². The van der Waals surface area contributed by atoms with Crippen molar-refractivity contribution in [2.45, 2.75) is 0 Å². The molecule has 0 atom stereocenters. The highest BCUT2D eigenvalue weighted by Crippen LogP contribution is 2.28. The van der Waals surface area contributed by atoms with Gasteiger partial charge in [-0.25, -0.2) is 9.37 Å². The molecule has 0 spiro atoms. The van der Waals surface area contributed by atoms with Crippen molar-refractivity contribution in [3.8, 4) is 0 Å². The fourth-order valence-corrected chi connectivity index (χ4v) is 2.69. The Labute approximate surface area is 134 Å². The fraction of sp³-hybridized carbons (Fsp3) is 0. The van der Waals surface area contributed by atoms with E-state index in [1.54, 1.807) is 24.3 Å². The van der Waals surface area contributed by atoms with Crippen LogP contribution in [0.25, 0.3) is 21.9 Å². The number of nitrogens with one attached hydrogen (secondary N) is 3. The Balaban J connectivity index is 1.72. The largest absolute Gasteiger partial charge is 0.358 e. The molecular weight excluding hydrogens is 326 g/mol. The number of aromatic amines is 2. The third-order valence-corrected chi connectivity index (χ3v) is 4.14. The van der Waals surface area contributed by atoms with Crippen LogP contribution >= 0.6 is 23.2 Å². The first-order valence-electron chi connectivity index (χ1n) is 6.48. The van der Waals surface area contributed by atoms with Crippen molar-refractivity contribution in [2.75, 3.05) is 5.32 Å². The lowest BCUT2D eigenvalue weighted by Gasteiger charge is -2.02. The van der Waals surface area contributed by atoms with Gasteiger partial charge < -0.3 is 15.3 Å². The molecule has 4 rings (SSSR count). The van der Waals surface area contributed by atoms with E-state index in [0.717, 1.165) is 11.2 Å². The SMILES string of the molecule is Fc1c[nH]c2cc(Nc3nc4cc(Cl)c(Cl)cc4[nH]3)ccc12. The van der Waals surface area contributed by atoms with E-state index in [2.05, 4.69) is 20.3 Å². The molecule has 0 saturated heterocycles. The lowest BCUT2D eigenvalue weighted by Crippen LogP contribution is -1.91. The second-order valence-electron chi connectivity index (χ2n) is 4.89. The summed E-state index contributed by atoms with van der Waals surface area (Å²) in [6.45, 7) is 0. The maximum Gasteiger partial charge on any atom is 0.205 e. The molecule has 22 heavy (non-hydrogen) atoms. The number of halogens is 3. The molecule has 0 bridgehead atoms. The summed E-state index contributed by atoms with van der Waals surface area (Å²) < 4.78 is 13.4. The zero-order valence-electron chi connectivity index (χ0n) is 11.0. The Morgan fingerprint density at radius 2 is 1.86 bits per heavy atom. The third kappa shape index (κ3) is 2.19. The predicted molar refractivity (Wildman–Crippen MR) is 87.7 cm³/mol. The predicted octanol–water partition coefficient (Wildman–Crippen LogP) is 5.23. The normalized spacial score (nSPS) is 11.4. The third-order valence-electron chi connectivity index (χ3n) is 3.42. The summed E-state index contributed by atoms with van der Waals surface area (Å²) >= 11 is 12.0. The van der Waals surface area contributed by atoms with Crippen molar-refractivity contribution in [1.82, 2.24) is 15.0 Å². The van der Waals surface area contributed by atoms with E-state index in [-0.39, 0.29) is 5.82 Å². The first kappa shape index (κ1) is 13.4. The number of imidazole rings is 1. The second-order valence-corrected chi connectivity index (χ2v) is 5.71. The number of benzene rings is 2. The average Bonchev–Trinajstić information content (AvgIpc) is 3.03. The van der Waals surface area contributed by atoms with Gasteiger partial charge in [0.25, 0.3) is 0 Å². The smallest absolute Gasteiger partial charge is 0.205 e. The molecule has 2 aromatic heterocycles. The fourth-order valence-electron chi connectivity index (χ4n) is 2.37. The highest BCUT2D eigenvalue weighted by molar-refractivity contribution is 6.42. The van der Waals surface area contributed by atoms with Crippen LogP contribution in [-0.4, -0.2) is 15.0 Å². The highest BCUT2D eigenvalue weighted by atomic mass is 35.5. The molecule has 2 heterocycles. The lowest BCUT2D eigenvalue weighted by molar-refractivity contribution is 0.639. The summed E-state index contributed by atoms with van der Waals surface area (Å²) in [4.78, 5) is 10.4. The van der Waals surface area contributed by atoms with Crippen LogP contribution in [0.4, 0.5) is 16.0 Å². The monoisotopic (exact) mass is 334 g/mol. The van der Waals surface area contributed by atoms with E-state index in [1.807, 2.05) is 6.07 Å². The molecule has 0 saturated carbocycles. The molecule has 0 aliphatic heterocycles. The second kappa shape index (κ2) is 4.90. The van der Waals surface area contributed by atoms with Gasteiger partial charge in [-0.15, -0.1) is 0 Å². The van der Waals surface area contributed by atoms with Gasteiger partial charge in [-0.05, 0) is 30.3 Å². The number of H-pyrrole nitrogens is 2. The number of rotatable bonds is 2. The molecule has 4 aromatic rings. The van der Waals surface area contributed by atoms with Crippen LogP contribution in [0.2, 0.25) is 10.0 Å². The van der Waals surface area contributed by atoms with Crippen LogP contribution in [0, 0.1) is 5.82 Å². The van der Waals surface area contributed by atoms with E-state index in [9.17, 15) is 4.39 Å². The first-order valence-corrected chi connectivity index (χ1v) is 7.24. The van der Waals surface area contributed by atoms with Gasteiger partial charge in [-0.3, -0.25) is 0 Å². The summed E-state index contributed by atoms with van der Waals surface area (Å²) in [5, 5.41) is 4.61. The van der Waals surface area contributed by atoms with Crippen LogP contribution in [0.1, 0.15) is 0 Å². The van der Waals surface area contributed by atoms with Crippen molar-refractivity contribution >= 4 is 56.8 Å². The maximum absolute atomic E-state index is 13.4. The van der Waals surface area contributed by atoms with Gasteiger partial charge in [0.05, 0.1) is 26.6 Å². The van der Waals surface area contributed by atoms with Gasteiger partial charge in [0.2, 0.25) is 5.95 Å². The van der Waals surface area contributed by atoms with E-state index < -0.39 is 0 Å².